The lowest BCUT2D eigenvalue weighted by atomic mass is 10.1. The van der Waals surface area contributed by atoms with Crippen molar-refractivity contribution in [2.75, 3.05) is 14.2 Å². The van der Waals surface area contributed by atoms with Crippen LogP contribution in [0.25, 0.3) is 0 Å². The summed E-state index contributed by atoms with van der Waals surface area (Å²) in [5, 5.41) is 3.33. The summed E-state index contributed by atoms with van der Waals surface area (Å²) in [7, 11) is 2.73. The van der Waals surface area contributed by atoms with Crippen LogP contribution in [0, 0.1) is 6.92 Å². The largest absolute Gasteiger partial charge is 0.493 e. The van der Waals surface area contributed by atoms with E-state index in [9.17, 15) is 18.0 Å². The molecular formula is C14H13F3N2O3. The molecule has 0 unspecified atom stereocenters. The van der Waals surface area contributed by atoms with Gasteiger partial charge >= 0.3 is 6.18 Å². The van der Waals surface area contributed by atoms with Gasteiger partial charge in [-0.1, -0.05) is 6.07 Å². The SMILES string of the molecule is COc1cccc(C(=O)n2nc(C(F)(F)F)cc2C)c1OC. The van der Waals surface area contributed by atoms with Crippen LogP contribution in [0.3, 0.4) is 0 Å². The average Bonchev–Trinajstić information content (AvgIpc) is 2.87. The third-order valence-corrected chi connectivity index (χ3v) is 3.00. The van der Waals surface area contributed by atoms with Crippen molar-refractivity contribution >= 4 is 5.91 Å². The minimum Gasteiger partial charge on any atom is -0.493 e. The fraction of sp³-hybridized carbons (Fsp3) is 0.286. The minimum absolute atomic E-state index is 0.0572. The molecular weight excluding hydrogens is 301 g/mol. The molecule has 0 spiro atoms. The normalized spacial score (nSPS) is 11.4. The third kappa shape index (κ3) is 2.76. The van der Waals surface area contributed by atoms with Crippen LogP contribution < -0.4 is 9.47 Å². The van der Waals surface area contributed by atoms with Crippen LogP contribution in [0.5, 0.6) is 11.5 Å². The van der Waals surface area contributed by atoms with E-state index in [-0.39, 0.29) is 17.0 Å². The van der Waals surface area contributed by atoms with Crippen molar-refractivity contribution in [1.29, 1.82) is 0 Å². The number of carbonyl (C=O) groups excluding carboxylic acids is 1. The maximum absolute atomic E-state index is 12.7. The molecule has 0 saturated carbocycles. The van der Waals surface area contributed by atoms with E-state index in [2.05, 4.69) is 5.10 Å². The first-order chi connectivity index (χ1) is 10.3. The van der Waals surface area contributed by atoms with Gasteiger partial charge < -0.3 is 9.47 Å². The lowest BCUT2D eigenvalue weighted by molar-refractivity contribution is -0.141. The van der Waals surface area contributed by atoms with Crippen molar-refractivity contribution in [1.82, 2.24) is 9.78 Å². The zero-order valence-electron chi connectivity index (χ0n) is 12.1. The van der Waals surface area contributed by atoms with Crippen molar-refractivity contribution in [3.8, 4) is 11.5 Å². The van der Waals surface area contributed by atoms with Gasteiger partial charge in [-0.2, -0.15) is 18.3 Å². The predicted octanol–water partition coefficient (Wildman–Crippen LogP) is 2.92. The lowest BCUT2D eigenvalue weighted by Gasteiger charge is -2.12. The maximum atomic E-state index is 12.7. The van der Waals surface area contributed by atoms with E-state index in [1.54, 1.807) is 6.07 Å². The smallest absolute Gasteiger partial charge is 0.435 e. The molecule has 0 aliphatic rings. The molecule has 0 N–H and O–H groups in total. The van der Waals surface area contributed by atoms with Crippen LogP contribution in [-0.2, 0) is 6.18 Å². The first-order valence-electron chi connectivity index (χ1n) is 6.19. The molecule has 1 aromatic heterocycles. The highest BCUT2D eigenvalue weighted by Crippen LogP contribution is 2.32. The number of hydrogen-bond donors (Lipinski definition) is 0. The van der Waals surface area contributed by atoms with Gasteiger partial charge in [0.15, 0.2) is 17.2 Å². The second kappa shape index (κ2) is 5.70. The monoisotopic (exact) mass is 314 g/mol. The standard InChI is InChI=1S/C14H13F3N2O3/c1-8-7-11(14(15,16)17)18-19(8)13(20)9-5-4-6-10(21-2)12(9)22-3/h4-7H,1-3H3. The van der Waals surface area contributed by atoms with E-state index in [0.717, 1.165) is 6.07 Å². The van der Waals surface area contributed by atoms with Gasteiger partial charge in [0, 0.05) is 5.69 Å². The summed E-state index contributed by atoms with van der Waals surface area (Å²) in [6, 6.07) is 5.35. The molecule has 0 saturated heterocycles. The van der Waals surface area contributed by atoms with Gasteiger partial charge in [-0.15, -0.1) is 0 Å². The zero-order valence-corrected chi connectivity index (χ0v) is 12.1. The summed E-state index contributed by atoms with van der Waals surface area (Å²) in [5.41, 5.74) is -0.996. The number of benzene rings is 1. The van der Waals surface area contributed by atoms with Crippen LogP contribution in [0.2, 0.25) is 0 Å². The third-order valence-electron chi connectivity index (χ3n) is 3.00. The van der Waals surface area contributed by atoms with E-state index >= 15 is 0 Å². The molecule has 0 amide bonds. The second-order valence-electron chi connectivity index (χ2n) is 4.43. The quantitative estimate of drug-likeness (QED) is 0.874. The van der Waals surface area contributed by atoms with Crippen molar-refractivity contribution in [3.63, 3.8) is 0 Å². The summed E-state index contributed by atoms with van der Waals surface area (Å²) < 4.78 is 48.9. The van der Waals surface area contributed by atoms with E-state index in [1.165, 1.54) is 33.3 Å². The van der Waals surface area contributed by atoms with Gasteiger partial charge in [-0.3, -0.25) is 4.79 Å². The number of aryl methyl sites for hydroxylation is 1. The van der Waals surface area contributed by atoms with Crippen molar-refractivity contribution in [2.45, 2.75) is 13.1 Å². The Morgan fingerprint density at radius 1 is 1.23 bits per heavy atom. The summed E-state index contributed by atoms with van der Waals surface area (Å²) >= 11 is 0. The van der Waals surface area contributed by atoms with E-state index < -0.39 is 17.8 Å². The Morgan fingerprint density at radius 2 is 1.91 bits per heavy atom. The molecule has 0 atom stereocenters. The van der Waals surface area contributed by atoms with Crippen molar-refractivity contribution in [2.24, 2.45) is 0 Å². The molecule has 0 aliphatic carbocycles. The Labute approximate surface area is 124 Å². The molecule has 2 rings (SSSR count). The topological polar surface area (TPSA) is 53.4 Å². The van der Waals surface area contributed by atoms with Gasteiger partial charge in [0.1, 0.15) is 0 Å². The van der Waals surface area contributed by atoms with E-state index in [4.69, 9.17) is 9.47 Å². The average molecular weight is 314 g/mol. The molecule has 2 aromatic rings. The number of hydrogen-bond acceptors (Lipinski definition) is 4. The molecule has 0 bridgehead atoms. The highest BCUT2D eigenvalue weighted by molar-refractivity contribution is 5.99. The van der Waals surface area contributed by atoms with E-state index in [1.807, 2.05) is 0 Å². The summed E-state index contributed by atoms with van der Waals surface area (Å²) in [4.78, 5) is 12.5. The number of ether oxygens (including phenoxy) is 2. The Bertz CT molecular complexity index is 708. The van der Waals surface area contributed by atoms with Crippen LogP contribution >= 0.6 is 0 Å². The highest BCUT2D eigenvalue weighted by Gasteiger charge is 2.35. The van der Waals surface area contributed by atoms with Gasteiger partial charge in [0.05, 0.1) is 19.8 Å². The van der Waals surface area contributed by atoms with Gasteiger partial charge in [-0.05, 0) is 25.1 Å². The molecule has 1 heterocycles. The first kappa shape index (κ1) is 15.9. The summed E-state index contributed by atoms with van der Waals surface area (Å²) in [5.74, 6) is -0.295. The molecule has 5 nitrogen and oxygen atoms in total. The van der Waals surface area contributed by atoms with Crippen LogP contribution in [-0.4, -0.2) is 29.9 Å². The number of alkyl halides is 3. The summed E-state index contributed by atoms with van der Waals surface area (Å²) in [6.45, 7) is 1.37. The summed E-state index contributed by atoms with van der Waals surface area (Å²) in [6.07, 6.45) is -4.62. The fourth-order valence-electron chi connectivity index (χ4n) is 1.99. The zero-order chi connectivity index (χ0) is 16.5. The number of carbonyl (C=O) groups is 1. The number of nitrogens with zero attached hydrogens (tertiary/aromatic N) is 2. The number of halogens is 3. The number of methoxy groups -OCH3 is 2. The minimum atomic E-state index is -4.62. The Morgan fingerprint density at radius 3 is 2.41 bits per heavy atom. The maximum Gasteiger partial charge on any atom is 0.435 e. The highest BCUT2D eigenvalue weighted by atomic mass is 19.4. The number of para-hydroxylation sites is 1. The van der Waals surface area contributed by atoms with Crippen LogP contribution in [0.15, 0.2) is 24.3 Å². The predicted molar refractivity (Wildman–Crippen MR) is 71.2 cm³/mol. The van der Waals surface area contributed by atoms with Crippen LogP contribution in [0.1, 0.15) is 21.7 Å². The molecule has 118 valence electrons. The van der Waals surface area contributed by atoms with Gasteiger partial charge in [-0.25, -0.2) is 4.68 Å². The number of rotatable bonds is 3. The molecule has 22 heavy (non-hydrogen) atoms. The fourth-order valence-corrected chi connectivity index (χ4v) is 1.99. The molecule has 0 aliphatic heterocycles. The van der Waals surface area contributed by atoms with Crippen molar-refractivity contribution < 1.29 is 27.4 Å². The van der Waals surface area contributed by atoms with Gasteiger partial charge in [0.25, 0.3) is 5.91 Å². The molecule has 8 heteroatoms. The Kier molecular flexibility index (Phi) is 4.11. The van der Waals surface area contributed by atoms with E-state index in [0.29, 0.717) is 10.4 Å². The molecule has 0 radical (unpaired) electrons. The molecule has 1 aromatic carbocycles. The molecule has 0 fully saturated rings. The first-order valence-corrected chi connectivity index (χ1v) is 6.19. The number of aromatic nitrogens is 2. The lowest BCUT2D eigenvalue weighted by Crippen LogP contribution is -2.17. The second-order valence-corrected chi connectivity index (χ2v) is 4.43. The Hall–Kier alpha value is -2.51. The van der Waals surface area contributed by atoms with Crippen LogP contribution in [0.4, 0.5) is 13.2 Å². The van der Waals surface area contributed by atoms with Crippen molar-refractivity contribution in [3.05, 3.63) is 41.2 Å². The Balaban J connectivity index is 2.52. The van der Waals surface area contributed by atoms with Gasteiger partial charge in [0.2, 0.25) is 0 Å².